The highest BCUT2D eigenvalue weighted by molar-refractivity contribution is 6.41. The van der Waals surface area contributed by atoms with Crippen LogP contribution in [-0.4, -0.2) is 32.1 Å². The third-order valence-electron chi connectivity index (χ3n) is 3.47. The Labute approximate surface area is 144 Å². The van der Waals surface area contributed by atoms with E-state index in [9.17, 15) is 4.79 Å². The zero-order valence-corrected chi connectivity index (χ0v) is 14.8. The average Bonchev–Trinajstić information content (AvgIpc) is 2.86. The molecular formula is C16H17Cl2NO4. The fourth-order valence-electron chi connectivity index (χ4n) is 2.35. The summed E-state index contributed by atoms with van der Waals surface area (Å²) in [5.41, 5.74) is 1.38. The Kier molecular flexibility index (Phi) is 5.44. The summed E-state index contributed by atoms with van der Waals surface area (Å²) in [6.45, 7) is 1.75. The maximum atomic E-state index is 12.0. The van der Waals surface area contributed by atoms with Gasteiger partial charge in [0, 0.05) is 17.5 Å². The summed E-state index contributed by atoms with van der Waals surface area (Å²) in [7, 11) is 4.55. The van der Waals surface area contributed by atoms with E-state index in [1.54, 1.807) is 19.1 Å². The summed E-state index contributed by atoms with van der Waals surface area (Å²) in [5, 5.41) is 0.518. The van der Waals surface area contributed by atoms with Gasteiger partial charge in [0.25, 0.3) is 0 Å². The third-order valence-corrected chi connectivity index (χ3v) is 4.13. The Morgan fingerprint density at radius 2 is 1.74 bits per heavy atom. The van der Waals surface area contributed by atoms with E-state index in [2.05, 4.69) is 4.98 Å². The summed E-state index contributed by atoms with van der Waals surface area (Å²) in [6.07, 6.45) is 0.319. The van der Waals surface area contributed by atoms with Crippen LogP contribution >= 0.6 is 23.2 Å². The van der Waals surface area contributed by atoms with Crippen molar-refractivity contribution in [1.82, 2.24) is 4.98 Å². The van der Waals surface area contributed by atoms with Gasteiger partial charge in [-0.1, -0.05) is 30.1 Å². The summed E-state index contributed by atoms with van der Waals surface area (Å²) < 4.78 is 16.1. The molecule has 0 saturated heterocycles. The molecule has 1 aromatic carbocycles. The molecular weight excluding hydrogens is 341 g/mol. The molecule has 0 bridgehead atoms. The molecule has 1 heterocycles. The molecule has 0 aliphatic heterocycles. The molecule has 0 unspecified atom stereocenters. The van der Waals surface area contributed by atoms with Crippen LogP contribution in [0.5, 0.6) is 17.2 Å². The van der Waals surface area contributed by atoms with Gasteiger partial charge in [0.2, 0.25) is 5.75 Å². The number of hydrogen-bond donors (Lipinski definition) is 1. The quantitative estimate of drug-likeness (QED) is 0.767. The second-order valence-corrected chi connectivity index (χ2v) is 5.42. The van der Waals surface area contributed by atoms with Gasteiger partial charge in [0.15, 0.2) is 17.3 Å². The van der Waals surface area contributed by atoms with Crippen molar-refractivity contribution >= 4 is 29.0 Å². The Morgan fingerprint density at radius 1 is 1.09 bits per heavy atom. The van der Waals surface area contributed by atoms with E-state index < -0.39 is 0 Å². The zero-order chi connectivity index (χ0) is 17.1. The molecule has 124 valence electrons. The minimum atomic E-state index is -0.123. The molecule has 0 radical (unpaired) electrons. The molecule has 1 N–H and O–H groups in total. The van der Waals surface area contributed by atoms with Crippen LogP contribution in [0.25, 0.3) is 11.1 Å². The second-order valence-electron chi connectivity index (χ2n) is 4.66. The van der Waals surface area contributed by atoms with Crippen molar-refractivity contribution in [2.75, 3.05) is 21.3 Å². The first-order valence-corrected chi connectivity index (χ1v) is 7.65. The van der Waals surface area contributed by atoms with Gasteiger partial charge in [-0.3, -0.25) is 4.79 Å². The molecule has 0 spiro atoms. The molecule has 7 heteroatoms. The number of methoxy groups -OCH3 is 3. The highest BCUT2D eigenvalue weighted by Gasteiger charge is 2.25. The van der Waals surface area contributed by atoms with Gasteiger partial charge in [0.1, 0.15) is 10.8 Å². The van der Waals surface area contributed by atoms with Crippen molar-refractivity contribution in [3.63, 3.8) is 0 Å². The Bertz CT molecular complexity index is 740. The van der Waals surface area contributed by atoms with E-state index in [-0.39, 0.29) is 21.7 Å². The van der Waals surface area contributed by atoms with Crippen LogP contribution < -0.4 is 14.2 Å². The maximum absolute atomic E-state index is 12.0. The minimum Gasteiger partial charge on any atom is -0.493 e. The molecule has 0 saturated carbocycles. The summed E-state index contributed by atoms with van der Waals surface area (Å²) >= 11 is 12.6. The first kappa shape index (κ1) is 17.5. The molecule has 0 atom stereocenters. The molecule has 0 fully saturated rings. The Morgan fingerprint density at radius 3 is 2.26 bits per heavy atom. The number of ether oxygens (including phenoxy) is 3. The van der Waals surface area contributed by atoms with Gasteiger partial charge in [-0.25, -0.2) is 0 Å². The molecule has 5 nitrogen and oxygen atoms in total. The van der Waals surface area contributed by atoms with E-state index in [1.165, 1.54) is 21.3 Å². The van der Waals surface area contributed by atoms with Gasteiger partial charge in [-0.05, 0) is 12.1 Å². The van der Waals surface area contributed by atoms with Crippen LogP contribution in [0.15, 0.2) is 12.1 Å². The highest BCUT2D eigenvalue weighted by atomic mass is 35.5. The van der Waals surface area contributed by atoms with Crippen LogP contribution in [0, 0.1) is 0 Å². The third kappa shape index (κ3) is 2.99. The standard InChI is InChI=1S/C16H17Cl2NO4/c1-5-9(20)13-12(17)11(16(18)19-13)8-6-7-10(21-2)15(23-4)14(8)22-3/h6-7,19H,5H2,1-4H3. The van der Waals surface area contributed by atoms with Crippen LogP contribution in [0.2, 0.25) is 10.2 Å². The van der Waals surface area contributed by atoms with Gasteiger partial charge in [0.05, 0.1) is 26.4 Å². The number of Topliss-reactive ketones (excluding diaryl/α,β-unsaturated/α-hetero) is 1. The van der Waals surface area contributed by atoms with Crippen molar-refractivity contribution < 1.29 is 19.0 Å². The second kappa shape index (κ2) is 7.15. The lowest BCUT2D eigenvalue weighted by Gasteiger charge is -2.15. The van der Waals surface area contributed by atoms with Crippen molar-refractivity contribution in [3.8, 4) is 28.4 Å². The fraction of sp³-hybridized carbons (Fsp3) is 0.312. The van der Waals surface area contributed by atoms with E-state index in [0.717, 1.165) is 0 Å². The van der Waals surface area contributed by atoms with Crippen molar-refractivity contribution in [3.05, 3.63) is 28.0 Å². The van der Waals surface area contributed by atoms with Gasteiger partial charge in [-0.15, -0.1) is 0 Å². The predicted octanol–water partition coefficient (Wildman–Crippen LogP) is 4.61. The molecule has 2 aromatic rings. The topological polar surface area (TPSA) is 60.6 Å². The molecule has 1 aromatic heterocycles. The zero-order valence-electron chi connectivity index (χ0n) is 13.3. The molecule has 23 heavy (non-hydrogen) atoms. The highest BCUT2D eigenvalue weighted by Crippen LogP contribution is 2.48. The van der Waals surface area contributed by atoms with Gasteiger partial charge >= 0.3 is 0 Å². The number of halogens is 2. The molecule has 0 amide bonds. The summed E-state index contributed by atoms with van der Waals surface area (Å²) in [6, 6.07) is 3.47. The predicted molar refractivity (Wildman–Crippen MR) is 90.5 cm³/mol. The van der Waals surface area contributed by atoms with E-state index in [1.807, 2.05) is 0 Å². The number of benzene rings is 1. The number of hydrogen-bond acceptors (Lipinski definition) is 4. The SMILES string of the molecule is CCC(=O)c1[nH]c(Cl)c(-c2ccc(OC)c(OC)c2OC)c1Cl. The first-order chi connectivity index (χ1) is 11.0. The number of nitrogens with one attached hydrogen (secondary N) is 1. The fourth-order valence-corrected chi connectivity index (χ4v) is 3.04. The minimum absolute atomic E-state index is 0.123. The van der Waals surface area contributed by atoms with Crippen LogP contribution in [0.1, 0.15) is 23.8 Å². The van der Waals surface area contributed by atoms with E-state index in [4.69, 9.17) is 37.4 Å². The lowest BCUT2D eigenvalue weighted by atomic mass is 10.1. The lowest BCUT2D eigenvalue weighted by Crippen LogP contribution is -1.98. The van der Waals surface area contributed by atoms with E-state index in [0.29, 0.717) is 34.8 Å². The largest absolute Gasteiger partial charge is 0.493 e. The normalized spacial score (nSPS) is 10.5. The van der Waals surface area contributed by atoms with Crippen LogP contribution in [0.3, 0.4) is 0 Å². The number of aromatic amines is 1. The number of carbonyl (C=O) groups excluding carboxylic acids is 1. The van der Waals surface area contributed by atoms with Gasteiger partial charge in [-0.2, -0.15) is 0 Å². The number of rotatable bonds is 6. The monoisotopic (exact) mass is 357 g/mol. The number of aromatic nitrogens is 1. The van der Waals surface area contributed by atoms with Crippen molar-refractivity contribution in [1.29, 1.82) is 0 Å². The van der Waals surface area contributed by atoms with E-state index >= 15 is 0 Å². The smallest absolute Gasteiger partial charge is 0.203 e. The molecule has 0 aliphatic carbocycles. The number of carbonyl (C=O) groups is 1. The summed E-state index contributed by atoms with van der Waals surface area (Å²) in [5.74, 6) is 1.23. The van der Waals surface area contributed by atoms with Gasteiger partial charge < -0.3 is 19.2 Å². The van der Waals surface area contributed by atoms with Crippen molar-refractivity contribution in [2.45, 2.75) is 13.3 Å². The van der Waals surface area contributed by atoms with Crippen LogP contribution in [0.4, 0.5) is 0 Å². The Hall–Kier alpha value is -1.85. The van der Waals surface area contributed by atoms with Crippen LogP contribution in [-0.2, 0) is 0 Å². The number of ketones is 1. The average molecular weight is 358 g/mol. The summed E-state index contributed by atoms with van der Waals surface area (Å²) in [4.78, 5) is 14.8. The maximum Gasteiger partial charge on any atom is 0.203 e. The molecule has 0 aliphatic rings. The first-order valence-electron chi connectivity index (χ1n) is 6.89. The van der Waals surface area contributed by atoms with Crippen molar-refractivity contribution in [2.24, 2.45) is 0 Å². The molecule has 2 rings (SSSR count). The number of H-pyrrole nitrogens is 1. The lowest BCUT2D eigenvalue weighted by molar-refractivity contribution is 0.0984. The Balaban J connectivity index is 2.73.